The van der Waals surface area contributed by atoms with E-state index in [1.54, 1.807) is 0 Å². The van der Waals surface area contributed by atoms with Crippen LogP contribution in [0, 0.1) is 6.92 Å². The number of rotatable bonds is 7. The van der Waals surface area contributed by atoms with Crippen molar-refractivity contribution in [2.75, 3.05) is 26.7 Å². The lowest BCUT2D eigenvalue weighted by molar-refractivity contribution is 0.282. The molecule has 0 aromatic heterocycles. The van der Waals surface area contributed by atoms with Crippen LogP contribution < -0.4 is 5.32 Å². The molecule has 1 aliphatic heterocycles. The summed E-state index contributed by atoms with van der Waals surface area (Å²) in [4.78, 5) is 2.54. The predicted molar refractivity (Wildman–Crippen MR) is 120 cm³/mol. The van der Waals surface area contributed by atoms with Gasteiger partial charge in [0.1, 0.15) is 0 Å². The highest BCUT2D eigenvalue weighted by atomic mass is 15.1. The first-order chi connectivity index (χ1) is 13.0. The minimum absolute atomic E-state index is 0.190. The van der Waals surface area contributed by atoms with E-state index < -0.39 is 0 Å². The molecular weight excluding hydrogens is 328 g/mol. The van der Waals surface area contributed by atoms with Gasteiger partial charge in [-0.3, -0.25) is 0 Å². The molecule has 1 aromatic carbocycles. The summed E-state index contributed by atoms with van der Waals surface area (Å²) < 4.78 is 0. The third-order valence-electron chi connectivity index (χ3n) is 6.65. The number of nitrogens with one attached hydrogen (secondary N) is 1. The molecule has 2 fully saturated rings. The summed E-state index contributed by atoms with van der Waals surface area (Å²) in [6.45, 7) is 17.3. The Morgan fingerprint density at radius 2 is 1.63 bits per heavy atom. The van der Waals surface area contributed by atoms with Gasteiger partial charge in [0.15, 0.2) is 0 Å². The molecule has 0 atom stereocenters. The molecule has 1 aliphatic carbocycles. The third kappa shape index (κ3) is 4.96. The van der Waals surface area contributed by atoms with Crippen molar-refractivity contribution in [3.8, 4) is 0 Å². The average molecular weight is 371 g/mol. The van der Waals surface area contributed by atoms with E-state index in [9.17, 15) is 0 Å². The van der Waals surface area contributed by atoms with Crippen LogP contribution in [0.15, 0.2) is 24.4 Å². The van der Waals surface area contributed by atoms with Crippen LogP contribution in [-0.2, 0) is 18.3 Å². The van der Waals surface area contributed by atoms with Crippen molar-refractivity contribution in [2.24, 2.45) is 0 Å². The first kappa shape index (κ1) is 22.0. The van der Waals surface area contributed by atoms with Crippen molar-refractivity contribution >= 4 is 0 Å². The van der Waals surface area contributed by atoms with Crippen molar-refractivity contribution in [2.45, 2.75) is 84.5 Å². The quantitative estimate of drug-likeness (QED) is 0.656. The summed E-state index contributed by atoms with van der Waals surface area (Å²) >= 11 is 0. The van der Waals surface area contributed by atoms with Gasteiger partial charge in [0.25, 0.3) is 0 Å². The number of hydrogen-bond acceptors (Lipinski definition) is 2. The number of hydrogen-bond donors (Lipinski definition) is 1. The summed E-state index contributed by atoms with van der Waals surface area (Å²) in [6, 6.07) is 4.85. The second kappa shape index (κ2) is 10.3. The lowest BCUT2D eigenvalue weighted by Crippen LogP contribution is -2.41. The van der Waals surface area contributed by atoms with Crippen molar-refractivity contribution in [1.82, 2.24) is 10.2 Å². The van der Waals surface area contributed by atoms with Crippen LogP contribution in [0.5, 0.6) is 0 Å². The first-order valence-electron chi connectivity index (χ1n) is 11.2. The molecular formula is C25H42N2. The summed E-state index contributed by atoms with van der Waals surface area (Å²) in [6.07, 6.45) is 10.2. The molecule has 0 amide bonds. The van der Waals surface area contributed by atoms with Gasteiger partial charge in [0.2, 0.25) is 0 Å². The highest BCUT2D eigenvalue weighted by molar-refractivity contribution is 5.47. The Kier molecular flexibility index (Phi) is 8.41. The fourth-order valence-corrected chi connectivity index (χ4v) is 4.81. The fourth-order valence-electron chi connectivity index (χ4n) is 4.81. The molecule has 1 N–H and O–H groups in total. The number of likely N-dealkylation sites (N-methyl/N-ethyl adjacent to an activating group) is 1. The zero-order valence-electron chi connectivity index (χ0n) is 18.6. The van der Waals surface area contributed by atoms with Gasteiger partial charge < -0.3 is 10.2 Å². The zero-order chi connectivity index (χ0) is 19.9. The van der Waals surface area contributed by atoms with Crippen LogP contribution in [0.3, 0.4) is 0 Å². The molecule has 0 unspecified atom stereocenters. The van der Waals surface area contributed by atoms with Gasteiger partial charge in [-0.25, -0.2) is 0 Å². The van der Waals surface area contributed by atoms with Gasteiger partial charge in [0, 0.05) is 18.2 Å². The van der Waals surface area contributed by atoms with E-state index >= 15 is 0 Å². The van der Waals surface area contributed by atoms with Crippen molar-refractivity contribution < 1.29 is 0 Å². The van der Waals surface area contributed by atoms with Crippen LogP contribution in [-0.4, -0.2) is 31.6 Å². The van der Waals surface area contributed by atoms with Gasteiger partial charge in [-0.05, 0) is 93.8 Å². The number of allylic oxidation sites excluding steroid dienone is 1. The van der Waals surface area contributed by atoms with E-state index in [0.29, 0.717) is 0 Å². The molecule has 27 heavy (non-hydrogen) atoms. The van der Waals surface area contributed by atoms with Crippen molar-refractivity contribution in [3.05, 3.63) is 46.7 Å². The molecule has 3 rings (SSSR count). The maximum absolute atomic E-state index is 4.27. The van der Waals surface area contributed by atoms with Crippen LogP contribution in [0.4, 0.5) is 0 Å². The molecule has 2 nitrogen and oxygen atoms in total. The number of aryl methyl sites for hydroxylation is 3. The SMILES string of the molecule is C=C(NC)C1(c2cc(CC)c(CC)cc2C)CCC1.CCCN1CCCC1. The normalized spacial score (nSPS) is 18.4. The summed E-state index contributed by atoms with van der Waals surface area (Å²) in [5.41, 5.74) is 7.34. The second-order valence-corrected chi connectivity index (χ2v) is 8.36. The van der Waals surface area contributed by atoms with Crippen LogP contribution >= 0.6 is 0 Å². The lowest BCUT2D eigenvalue weighted by Gasteiger charge is -2.45. The Morgan fingerprint density at radius 1 is 1.04 bits per heavy atom. The molecule has 0 radical (unpaired) electrons. The van der Waals surface area contributed by atoms with Crippen molar-refractivity contribution in [1.29, 1.82) is 0 Å². The second-order valence-electron chi connectivity index (χ2n) is 8.36. The Bertz CT molecular complexity index is 607. The van der Waals surface area contributed by atoms with Gasteiger partial charge >= 0.3 is 0 Å². The lowest BCUT2D eigenvalue weighted by atomic mass is 9.61. The molecule has 1 aromatic rings. The number of likely N-dealkylation sites (tertiary alicyclic amines) is 1. The van der Waals surface area contributed by atoms with Gasteiger partial charge in [-0.15, -0.1) is 0 Å². The summed E-state index contributed by atoms with van der Waals surface area (Å²) in [5.74, 6) is 0. The summed E-state index contributed by atoms with van der Waals surface area (Å²) in [5, 5.41) is 3.31. The standard InChI is InChI=1S/C18H27N.C7H15N/c1-6-15-11-13(3)17(12-16(15)7-2)18(9-8-10-18)14(4)19-5;1-2-5-8-6-3-4-7-8/h11-12,19H,4,6-10H2,1-3,5H3;2-7H2,1H3. The van der Waals surface area contributed by atoms with E-state index in [1.165, 1.54) is 86.1 Å². The number of nitrogens with zero attached hydrogens (tertiary/aromatic N) is 1. The maximum atomic E-state index is 4.27. The molecule has 1 saturated carbocycles. The molecule has 2 heteroatoms. The highest BCUT2D eigenvalue weighted by Crippen LogP contribution is 2.49. The number of benzene rings is 1. The van der Waals surface area contributed by atoms with Gasteiger partial charge in [0.05, 0.1) is 0 Å². The minimum atomic E-state index is 0.190. The maximum Gasteiger partial charge on any atom is 0.0346 e. The molecule has 0 bridgehead atoms. The van der Waals surface area contributed by atoms with E-state index in [2.05, 4.69) is 56.6 Å². The first-order valence-corrected chi connectivity index (χ1v) is 11.2. The largest absolute Gasteiger partial charge is 0.391 e. The molecule has 1 saturated heterocycles. The van der Waals surface area contributed by atoms with Crippen LogP contribution in [0.1, 0.15) is 81.5 Å². The Balaban J connectivity index is 0.000000273. The Morgan fingerprint density at radius 3 is 2.07 bits per heavy atom. The van der Waals surface area contributed by atoms with Gasteiger partial charge in [-0.2, -0.15) is 0 Å². The van der Waals surface area contributed by atoms with Crippen molar-refractivity contribution in [3.63, 3.8) is 0 Å². The third-order valence-corrected chi connectivity index (χ3v) is 6.65. The summed E-state index contributed by atoms with van der Waals surface area (Å²) in [7, 11) is 2.00. The van der Waals surface area contributed by atoms with Crippen LogP contribution in [0.25, 0.3) is 0 Å². The molecule has 0 spiro atoms. The van der Waals surface area contributed by atoms with E-state index in [1.807, 2.05) is 7.05 Å². The van der Waals surface area contributed by atoms with Crippen LogP contribution in [0.2, 0.25) is 0 Å². The predicted octanol–water partition coefficient (Wildman–Crippen LogP) is 5.77. The Hall–Kier alpha value is -1.28. The molecule has 1 heterocycles. The molecule has 152 valence electrons. The monoisotopic (exact) mass is 370 g/mol. The minimum Gasteiger partial charge on any atom is -0.391 e. The highest BCUT2D eigenvalue weighted by Gasteiger charge is 2.42. The topological polar surface area (TPSA) is 15.3 Å². The smallest absolute Gasteiger partial charge is 0.0346 e. The van der Waals surface area contributed by atoms with E-state index in [4.69, 9.17) is 0 Å². The van der Waals surface area contributed by atoms with E-state index in [0.717, 1.165) is 12.8 Å². The fraction of sp³-hybridized carbons (Fsp3) is 0.680. The Labute approximate surface area is 168 Å². The molecule has 2 aliphatic rings. The zero-order valence-corrected chi connectivity index (χ0v) is 18.6. The average Bonchev–Trinajstić information content (AvgIpc) is 3.15. The van der Waals surface area contributed by atoms with Gasteiger partial charge in [-0.1, -0.05) is 45.9 Å². The van der Waals surface area contributed by atoms with E-state index in [-0.39, 0.29) is 5.41 Å².